The van der Waals surface area contributed by atoms with Crippen LogP contribution in [0.3, 0.4) is 0 Å². The van der Waals surface area contributed by atoms with Gasteiger partial charge in [-0.05, 0) is 44.9 Å². The molecule has 2 rings (SSSR count). The summed E-state index contributed by atoms with van der Waals surface area (Å²) in [6.45, 7) is 5.59. The van der Waals surface area contributed by atoms with Crippen molar-refractivity contribution in [3.8, 4) is 5.69 Å². The Morgan fingerprint density at radius 2 is 2.17 bits per heavy atom. The Morgan fingerprint density at radius 3 is 2.83 bits per heavy atom. The smallest absolute Gasteiger partial charge is 0.338 e. The number of aromatic nitrogens is 3. The van der Waals surface area contributed by atoms with Crippen LogP contribution in [0.4, 0.5) is 0 Å². The van der Waals surface area contributed by atoms with Gasteiger partial charge in [0.05, 0.1) is 29.7 Å². The second-order valence-corrected chi connectivity index (χ2v) is 5.66. The number of nitrogens with zero attached hydrogens (tertiary/aromatic N) is 3. The molecular weight excluding hydrogens is 294 g/mol. The zero-order chi connectivity index (χ0) is 16.8. The Labute approximate surface area is 136 Å². The predicted octanol–water partition coefficient (Wildman–Crippen LogP) is 2.67. The summed E-state index contributed by atoms with van der Waals surface area (Å²) >= 11 is 0. The van der Waals surface area contributed by atoms with E-state index in [2.05, 4.69) is 17.2 Å². The molecule has 0 bridgehead atoms. The van der Waals surface area contributed by atoms with Crippen LogP contribution >= 0.6 is 0 Å². The maximum Gasteiger partial charge on any atom is 0.338 e. The minimum absolute atomic E-state index is 0.145. The van der Waals surface area contributed by atoms with Gasteiger partial charge < -0.3 is 9.84 Å². The van der Waals surface area contributed by atoms with Crippen LogP contribution in [0.5, 0.6) is 0 Å². The molecule has 0 aliphatic heterocycles. The summed E-state index contributed by atoms with van der Waals surface area (Å²) < 4.78 is 6.91. The first kappa shape index (κ1) is 17.1. The van der Waals surface area contributed by atoms with Crippen molar-refractivity contribution in [3.05, 3.63) is 41.2 Å². The van der Waals surface area contributed by atoms with E-state index in [0.29, 0.717) is 11.3 Å². The molecule has 0 amide bonds. The zero-order valence-electron chi connectivity index (χ0n) is 13.8. The molecule has 0 unspecified atom stereocenters. The summed E-state index contributed by atoms with van der Waals surface area (Å²) in [6, 6.07) is 7.09. The number of benzene rings is 1. The molecule has 0 radical (unpaired) electrons. The minimum atomic E-state index is -0.362. The van der Waals surface area contributed by atoms with E-state index < -0.39 is 0 Å². The SMILES string of the molecule is CCCCc1c(CO)nnn1-c1cccc(C(=O)OC(C)C)c1. The lowest BCUT2D eigenvalue weighted by Crippen LogP contribution is -2.12. The van der Waals surface area contributed by atoms with E-state index in [0.717, 1.165) is 30.6 Å². The Morgan fingerprint density at radius 1 is 1.39 bits per heavy atom. The highest BCUT2D eigenvalue weighted by molar-refractivity contribution is 5.90. The van der Waals surface area contributed by atoms with Crippen molar-refractivity contribution in [3.63, 3.8) is 0 Å². The molecule has 6 nitrogen and oxygen atoms in total. The van der Waals surface area contributed by atoms with E-state index in [4.69, 9.17) is 4.74 Å². The van der Waals surface area contributed by atoms with Crippen molar-refractivity contribution in [2.24, 2.45) is 0 Å². The van der Waals surface area contributed by atoms with Crippen LogP contribution in [0.15, 0.2) is 24.3 Å². The summed E-state index contributed by atoms with van der Waals surface area (Å²) in [6.07, 6.45) is 2.63. The quantitative estimate of drug-likeness (QED) is 0.794. The molecule has 0 fully saturated rings. The maximum absolute atomic E-state index is 12.0. The van der Waals surface area contributed by atoms with Gasteiger partial charge in [0.1, 0.15) is 5.69 Å². The highest BCUT2D eigenvalue weighted by Gasteiger charge is 2.15. The summed E-state index contributed by atoms with van der Waals surface area (Å²) in [5.74, 6) is -0.362. The lowest BCUT2D eigenvalue weighted by molar-refractivity contribution is 0.0378. The van der Waals surface area contributed by atoms with Crippen LogP contribution < -0.4 is 0 Å². The molecule has 2 aromatic rings. The number of unbranched alkanes of at least 4 members (excludes halogenated alkanes) is 1. The van der Waals surface area contributed by atoms with Gasteiger partial charge in [-0.3, -0.25) is 0 Å². The predicted molar refractivity (Wildman–Crippen MR) is 86.4 cm³/mol. The first-order chi connectivity index (χ1) is 11.1. The molecule has 1 aromatic carbocycles. The second-order valence-electron chi connectivity index (χ2n) is 5.66. The Hall–Kier alpha value is -2.21. The maximum atomic E-state index is 12.0. The number of hydrogen-bond acceptors (Lipinski definition) is 5. The van der Waals surface area contributed by atoms with Crippen LogP contribution in [0.2, 0.25) is 0 Å². The number of aliphatic hydroxyl groups excluding tert-OH is 1. The molecule has 23 heavy (non-hydrogen) atoms. The topological polar surface area (TPSA) is 77.2 Å². The van der Waals surface area contributed by atoms with E-state index in [1.54, 1.807) is 22.9 Å². The van der Waals surface area contributed by atoms with E-state index in [1.807, 2.05) is 19.9 Å². The van der Waals surface area contributed by atoms with E-state index in [9.17, 15) is 9.90 Å². The first-order valence-electron chi connectivity index (χ1n) is 7.92. The largest absolute Gasteiger partial charge is 0.459 e. The minimum Gasteiger partial charge on any atom is -0.459 e. The molecular formula is C17H23N3O3. The number of hydrogen-bond donors (Lipinski definition) is 1. The Bertz CT molecular complexity index is 665. The van der Waals surface area contributed by atoms with Gasteiger partial charge in [0.2, 0.25) is 0 Å². The third kappa shape index (κ3) is 4.16. The molecule has 0 aliphatic rings. The molecule has 1 aromatic heterocycles. The van der Waals surface area contributed by atoms with Crippen molar-refractivity contribution in [2.45, 2.75) is 52.7 Å². The third-order valence-electron chi connectivity index (χ3n) is 3.43. The van der Waals surface area contributed by atoms with Gasteiger partial charge >= 0.3 is 5.97 Å². The fourth-order valence-corrected chi connectivity index (χ4v) is 2.30. The molecule has 0 saturated heterocycles. The van der Waals surface area contributed by atoms with Gasteiger partial charge in [-0.2, -0.15) is 0 Å². The fraction of sp³-hybridized carbons (Fsp3) is 0.471. The van der Waals surface area contributed by atoms with Crippen LogP contribution in [-0.2, 0) is 17.8 Å². The number of ether oxygens (including phenoxy) is 1. The Balaban J connectivity index is 2.35. The molecule has 0 atom stereocenters. The van der Waals surface area contributed by atoms with Crippen molar-refractivity contribution < 1.29 is 14.6 Å². The van der Waals surface area contributed by atoms with E-state index in [1.165, 1.54) is 0 Å². The second kappa shape index (κ2) is 7.87. The number of aliphatic hydroxyl groups is 1. The van der Waals surface area contributed by atoms with Crippen molar-refractivity contribution in [1.29, 1.82) is 0 Å². The summed E-state index contributed by atoms with van der Waals surface area (Å²) in [7, 11) is 0. The van der Waals surface area contributed by atoms with Crippen LogP contribution in [0.25, 0.3) is 5.69 Å². The number of esters is 1. The number of rotatable bonds is 7. The average molecular weight is 317 g/mol. The monoisotopic (exact) mass is 317 g/mol. The highest BCUT2D eigenvalue weighted by Crippen LogP contribution is 2.17. The van der Waals surface area contributed by atoms with Crippen LogP contribution in [0.1, 0.15) is 55.4 Å². The molecule has 0 saturated carbocycles. The molecule has 0 aliphatic carbocycles. The molecule has 124 valence electrons. The summed E-state index contributed by atoms with van der Waals surface area (Å²) in [5.41, 5.74) is 2.66. The molecule has 6 heteroatoms. The molecule has 1 heterocycles. The van der Waals surface area contributed by atoms with Crippen LogP contribution in [-0.4, -0.2) is 32.2 Å². The number of carbonyl (C=O) groups is 1. The van der Waals surface area contributed by atoms with Gasteiger partial charge in [-0.1, -0.05) is 24.6 Å². The van der Waals surface area contributed by atoms with Gasteiger partial charge in [0.25, 0.3) is 0 Å². The third-order valence-corrected chi connectivity index (χ3v) is 3.43. The molecule has 0 spiro atoms. The van der Waals surface area contributed by atoms with Gasteiger partial charge in [0, 0.05) is 0 Å². The van der Waals surface area contributed by atoms with Crippen molar-refractivity contribution in [2.75, 3.05) is 0 Å². The van der Waals surface area contributed by atoms with E-state index >= 15 is 0 Å². The van der Waals surface area contributed by atoms with Crippen molar-refractivity contribution in [1.82, 2.24) is 15.0 Å². The Kier molecular flexibility index (Phi) is 5.87. The first-order valence-corrected chi connectivity index (χ1v) is 7.92. The average Bonchev–Trinajstić information content (AvgIpc) is 2.95. The van der Waals surface area contributed by atoms with Gasteiger partial charge in [-0.15, -0.1) is 5.10 Å². The van der Waals surface area contributed by atoms with E-state index in [-0.39, 0.29) is 18.7 Å². The molecule has 1 N–H and O–H groups in total. The van der Waals surface area contributed by atoms with Gasteiger partial charge in [-0.25, -0.2) is 9.48 Å². The zero-order valence-corrected chi connectivity index (χ0v) is 13.8. The fourth-order valence-electron chi connectivity index (χ4n) is 2.30. The summed E-state index contributed by atoms with van der Waals surface area (Å²) in [5, 5.41) is 17.6. The highest BCUT2D eigenvalue weighted by atomic mass is 16.5. The van der Waals surface area contributed by atoms with Crippen molar-refractivity contribution >= 4 is 5.97 Å². The summed E-state index contributed by atoms with van der Waals surface area (Å²) in [4.78, 5) is 12.0. The normalized spacial score (nSPS) is 11.0. The van der Waals surface area contributed by atoms with Crippen LogP contribution in [0, 0.1) is 0 Å². The van der Waals surface area contributed by atoms with Gasteiger partial charge in [0.15, 0.2) is 0 Å². The lowest BCUT2D eigenvalue weighted by atomic mass is 10.1. The standard InChI is InChI=1S/C17H23N3O3/c1-4-5-9-16-15(11-21)18-19-20(16)14-8-6-7-13(10-14)17(22)23-12(2)3/h6-8,10,12,21H,4-5,9,11H2,1-3H3. The lowest BCUT2D eigenvalue weighted by Gasteiger charge is -2.10. The number of carbonyl (C=O) groups excluding carboxylic acids is 1.